The number of benzene rings is 1. The lowest BCUT2D eigenvalue weighted by Gasteiger charge is -2.00. The molecule has 1 nitrogen and oxygen atoms in total. The largest absolute Gasteiger partial charge is 0.302 e. The van der Waals surface area contributed by atoms with Gasteiger partial charge in [0.1, 0.15) is 6.29 Å². The van der Waals surface area contributed by atoms with Crippen molar-refractivity contribution in [2.75, 3.05) is 5.75 Å². The van der Waals surface area contributed by atoms with Crippen LogP contribution in [0.5, 0.6) is 0 Å². The molecule has 1 aromatic carbocycles. The Morgan fingerprint density at radius 1 is 1.42 bits per heavy atom. The van der Waals surface area contributed by atoms with Crippen LogP contribution < -0.4 is 0 Å². The zero-order chi connectivity index (χ0) is 8.97. The molecule has 0 aromatic heterocycles. The fraction of sp³-hybridized carbons (Fsp3) is 0.125. The van der Waals surface area contributed by atoms with Gasteiger partial charge >= 0.3 is 0 Å². The Kier molecular flexibility index (Phi) is 3.92. The molecular weight excluding hydrogens is 215 g/mol. The van der Waals surface area contributed by atoms with E-state index in [1.54, 1.807) is 18.2 Å². The molecule has 0 fully saturated rings. The SMILES string of the molecule is O=CCSc1cc(Cl)ccc1Cl. The quantitative estimate of drug-likeness (QED) is 0.575. The molecule has 0 amide bonds. The first-order chi connectivity index (χ1) is 5.74. The molecule has 0 saturated heterocycles. The van der Waals surface area contributed by atoms with Crippen molar-refractivity contribution in [3.05, 3.63) is 28.2 Å². The van der Waals surface area contributed by atoms with Gasteiger partial charge in [-0.2, -0.15) is 0 Å². The maximum absolute atomic E-state index is 10.1. The second-order valence-corrected chi connectivity index (χ2v) is 3.96. The molecule has 0 heterocycles. The summed E-state index contributed by atoms with van der Waals surface area (Å²) in [5, 5.41) is 1.26. The van der Waals surface area contributed by atoms with Crippen molar-refractivity contribution in [1.29, 1.82) is 0 Å². The minimum atomic E-state index is 0.403. The van der Waals surface area contributed by atoms with Gasteiger partial charge in [-0.1, -0.05) is 23.2 Å². The third kappa shape index (κ3) is 2.70. The fourth-order valence-corrected chi connectivity index (χ4v) is 1.89. The number of hydrogen-bond acceptors (Lipinski definition) is 2. The first-order valence-corrected chi connectivity index (χ1v) is 4.99. The van der Waals surface area contributed by atoms with Crippen LogP contribution >= 0.6 is 35.0 Å². The van der Waals surface area contributed by atoms with Crippen molar-refractivity contribution in [2.45, 2.75) is 4.90 Å². The second-order valence-electron chi connectivity index (χ2n) is 2.05. The van der Waals surface area contributed by atoms with E-state index in [-0.39, 0.29) is 0 Å². The van der Waals surface area contributed by atoms with Gasteiger partial charge in [0.2, 0.25) is 0 Å². The van der Waals surface area contributed by atoms with Crippen LogP contribution in [0.3, 0.4) is 0 Å². The number of rotatable bonds is 3. The van der Waals surface area contributed by atoms with Gasteiger partial charge in [0.25, 0.3) is 0 Å². The molecule has 0 saturated carbocycles. The third-order valence-electron chi connectivity index (χ3n) is 1.20. The monoisotopic (exact) mass is 220 g/mol. The van der Waals surface area contributed by atoms with Crippen molar-refractivity contribution in [1.82, 2.24) is 0 Å². The van der Waals surface area contributed by atoms with E-state index < -0.39 is 0 Å². The van der Waals surface area contributed by atoms with Crippen molar-refractivity contribution < 1.29 is 4.79 Å². The summed E-state index contributed by atoms with van der Waals surface area (Å²) in [6, 6.07) is 5.18. The summed E-state index contributed by atoms with van der Waals surface area (Å²) in [5.41, 5.74) is 0. The van der Waals surface area contributed by atoms with Gasteiger partial charge in [-0.3, -0.25) is 0 Å². The molecule has 0 unspecified atom stereocenters. The zero-order valence-corrected chi connectivity index (χ0v) is 8.42. The van der Waals surface area contributed by atoms with Crippen LogP contribution in [0, 0.1) is 0 Å². The molecule has 0 aliphatic heterocycles. The van der Waals surface area contributed by atoms with Gasteiger partial charge in [0, 0.05) is 9.92 Å². The lowest BCUT2D eigenvalue weighted by Crippen LogP contribution is -1.80. The van der Waals surface area contributed by atoms with E-state index in [9.17, 15) is 4.79 Å². The van der Waals surface area contributed by atoms with Gasteiger partial charge in [-0.05, 0) is 18.2 Å². The highest BCUT2D eigenvalue weighted by Crippen LogP contribution is 2.29. The summed E-state index contributed by atoms with van der Waals surface area (Å²) >= 11 is 12.9. The van der Waals surface area contributed by atoms with Crippen molar-refractivity contribution in [2.24, 2.45) is 0 Å². The predicted molar refractivity (Wildman–Crippen MR) is 53.3 cm³/mol. The van der Waals surface area contributed by atoms with E-state index in [1.165, 1.54) is 11.8 Å². The molecule has 4 heteroatoms. The van der Waals surface area contributed by atoms with Crippen molar-refractivity contribution in [3.8, 4) is 0 Å². The summed E-state index contributed by atoms with van der Waals surface area (Å²) < 4.78 is 0. The maximum Gasteiger partial charge on any atom is 0.130 e. The summed E-state index contributed by atoms with van der Waals surface area (Å²) in [6.07, 6.45) is 0.835. The lowest BCUT2D eigenvalue weighted by molar-refractivity contribution is -0.105. The zero-order valence-electron chi connectivity index (χ0n) is 6.09. The molecule has 0 atom stereocenters. The Morgan fingerprint density at radius 2 is 2.17 bits per heavy atom. The lowest BCUT2D eigenvalue weighted by atomic mass is 10.4. The molecule has 0 bridgehead atoms. The number of hydrogen-bond donors (Lipinski definition) is 0. The molecular formula is C8H6Cl2OS. The van der Waals surface area contributed by atoms with Crippen LogP contribution in [-0.2, 0) is 4.79 Å². The Bertz CT molecular complexity index is 288. The van der Waals surface area contributed by atoms with E-state index >= 15 is 0 Å². The minimum Gasteiger partial charge on any atom is -0.302 e. The van der Waals surface area contributed by atoms with E-state index in [0.29, 0.717) is 15.8 Å². The van der Waals surface area contributed by atoms with Crippen LogP contribution in [0.4, 0.5) is 0 Å². The number of aldehydes is 1. The number of carbonyl (C=O) groups excluding carboxylic acids is 1. The van der Waals surface area contributed by atoms with Gasteiger partial charge in [0.05, 0.1) is 10.8 Å². The molecule has 0 N–H and O–H groups in total. The average Bonchev–Trinajstić information content (AvgIpc) is 2.07. The van der Waals surface area contributed by atoms with Crippen LogP contribution in [0.25, 0.3) is 0 Å². The second kappa shape index (κ2) is 4.75. The topological polar surface area (TPSA) is 17.1 Å². The van der Waals surface area contributed by atoms with E-state index in [1.807, 2.05) is 0 Å². The van der Waals surface area contributed by atoms with Crippen molar-refractivity contribution >= 4 is 41.2 Å². The van der Waals surface area contributed by atoms with Crippen LogP contribution in [0.15, 0.2) is 23.1 Å². The van der Waals surface area contributed by atoms with Crippen LogP contribution in [0.2, 0.25) is 10.0 Å². The molecule has 64 valence electrons. The smallest absolute Gasteiger partial charge is 0.130 e. The summed E-state index contributed by atoms with van der Waals surface area (Å²) in [6.45, 7) is 0. The highest BCUT2D eigenvalue weighted by molar-refractivity contribution is 8.00. The Hall–Kier alpha value is -0.180. The van der Waals surface area contributed by atoms with Gasteiger partial charge in [-0.25, -0.2) is 0 Å². The molecule has 1 rings (SSSR count). The van der Waals surface area contributed by atoms with Gasteiger partial charge in [0.15, 0.2) is 0 Å². The minimum absolute atomic E-state index is 0.403. The summed E-state index contributed by atoms with van der Waals surface area (Å²) in [5.74, 6) is 0.403. The fourth-order valence-electron chi connectivity index (χ4n) is 0.712. The molecule has 1 aromatic rings. The Balaban J connectivity index is 2.82. The first-order valence-electron chi connectivity index (χ1n) is 3.25. The normalized spacial score (nSPS) is 9.83. The maximum atomic E-state index is 10.1. The van der Waals surface area contributed by atoms with E-state index in [4.69, 9.17) is 23.2 Å². The molecule has 12 heavy (non-hydrogen) atoms. The Labute approximate surface area is 85.1 Å². The predicted octanol–water partition coefficient (Wildman–Crippen LogP) is 3.28. The van der Waals surface area contributed by atoms with Gasteiger partial charge in [-0.15, -0.1) is 11.8 Å². The number of carbonyl (C=O) groups is 1. The summed E-state index contributed by atoms with van der Waals surface area (Å²) in [4.78, 5) is 10.9. The Morgan fingerprint density at radius 3 is 2.83 bits per heavy atom. The van der Waals surface area contributed by atoms with E-state index in [0.717, 1.165) is 11.2 Å². The molecule has 0 aliphatic carbocycles. The van der Waals surface area contributed by atoms with Gasteiger partial charge < -0.3 is 4.79 Å². The van der Waals surface area contributed by atoms with Crippen LogP contribution in [0.1, 0.15) is 0 Å². The van der Waals surface area contributed by atoms with Crippen molar-refractivity contribution in [3.63, 3.8) is 0 Å². The van der Waals surface area contributed by atoms with E-state index in [2.05, 4.69) is 0 Å². The van der Waals surface area contributed by atoms with Crippen LogP contribution in [-0.4, -0.2) is 12.0 Å². The third-order valence-corrected chi connectivity index (χ3v) is 2.83. The standard InChI is InChI=1S/C8H6Cl2OS/c9-6-1-2-7(10)8(5-6)12-4-3-11/h1-3,5H,4H2. The highest BCUT2D eigenvalue weighted by Gasteiger charge is 2.00. The average molecular weight is 221 g/mol. The first kappa shape index (κ1) is 9.90. The number of halogens is 2. The molecule has 0 radical (unpaired) electrons. The highest BCUT2D eigenvalue weighted by atomic mass is 35.5. The molecule has 0 aliphatic rings. The number of thioether (sulfide) groups is 1. The molecule has 0 spiro atoms. The summed E-state index contributed by atoms with van der Waals surface area (Å²) in [7, 11) is 0.